The molecule has 0 saturated carbocycles. The molecule has 0 atom stereocenters. The first-order chi connectivity index (χ1) is 7.79. The van der Waals surface area contributed by atoms with Crippen LogP contribution >= 0.6 is 0 Å². The topological polar surface area (TPSA) is 18.8 Å². The fraction of sp³-hybridized carbons (Fsp3) is 0.308. The Morgan fingerprint density at radius 1 is 1.38 bits per heavy atom. The van der Waals surface area contributed by atoms with Crippen molar-refractivity contribution in [2.45, 2.75) is 6.92 Å². The molecule has 0 radical (unpaired) electrons. The van der Waals surface area contributed by atoms with Crippen LogP contribution in [0.4, 0.5) is 5.69 Å². The third-order valence-electron chi connectivity index (χ3n) is 2.61. The van der Waals surface area contributed by atoms with Crippen LogP contribution < -0.4 is 4.90 Å². The van der Waals surface area contributed by atoms with Crippen LogP contribution in [0.25, 0.3) is 0 Å². The lowest BCUT2D eigenvalue weighted by Gasteiger charge is -2.32. The Kier molecular flexibility index (Phi) is 3.25. The lowest BCUT2D eigenvalue weighted by atomic mass is 10.2. The third kappa shape index (κ3) is 2.42. The number of rotatable bonds is 3. The van der Waals surface area contributed by atoms with Crippen molar-refractivity contribution in [2.24, 2.45) is 4.99 Å². The third-order valence-corrected chi connectivity index (χ3v) is 2.61. The van der Waals surface area contributed by atoms with Gasteiger partial charge in [-0.15, -0.1) is 6.58 Å². The van der Waals surface area contributed by atoms with E-state index >= 15 is 0 Å². The Morgan fingerprint density at radius 3 is 2.81 bits per heavy atom. The van der Waals surface area contributed by atoms with Gasteiger partial charge in [0.05, 0.1) is 13.0 Å². The standard InChI is InChI=1S/C13H17N3/c1-3-8-15-9-14-10-16(11-15)13-6-4-12(2)5-7-13/h3-7,9H,1,8,10-11H2,2H3. The van der Waals surface area contributed by atoms with E-state index in [9.17, 15) is 0 Å². The van der Waals surface area contributed by atoms with Gasteiger partial charge in [-0.1, -0.05) is 23.8 Å². The van der Waals surface area contributed by atoms with Crippen LogP contribution in [0.1, 0.15) is 5.56 Å². The van der Waals surface area contributed by atoms with Gasteiger partial charge in [0, 0.05) is 12.2 Å². The maximum absolute atomic E-state index is 4.34. The van der Waals surface area contributed by atoms with E-state index in [1.165, 1.54) is 11.3 Å². The van der Waals surface area contributed by atoms with Crippen LogP contribution in [0.5, 0.6) is 0 Å². The van der Waals surface area contributed by atoms with E-state index in [-0.39, 0.29) is 0 Å². The van der Waals surface area contributed by atoms with Gasteiger partial charge in [-0.2, -0.15) is 0 Å². The van der Waals surface area contributed by atoms with E-state index in [2.05, 4.69) is 52.6 Å². The highest BCUT2D eigenvalue weighted by Gasteiger charge is 2.12. The maximum Gasteiger partial charge on any atom is 0.113 e. The van der Waals surface area contributed by atoms with Crippen LogP contribution in [0.2, 0.25) is 0 Å². The molecular weight excluding hydrogens is 198 g/mol. The predicted octanol–water partition coefficient (Wildman–Crippen LogP) is 2.25. The Hall–Kier alpha value is -1.77. The summed E-state index contributed by atoms with van der Waals surface area (Å²) in [5.74, 6) is 0. The summed E-state index contributed by atoms with van der Waals surface area (Å²) < 4.78 is 0. The SMILES string of the molecule is C=CCN1C=NCN(c2ccc(C)cc2)C1. The molecule has 0 N–H and O–H groups in total. The molecule has 1 heterocycles. The minimum Gasteiger partial charge on any atom is -0.341 e. The van der Waals surface area contributed by atoms with Crippen molar-refractivity contribution in [1.82, 2.24) is 4.90 Å². The van der Waals surface area contributed by atoms with Crippen molar-refractivity contribution in [3.63, 3.8) is 0 Å². The number of benzene rings is 1. The van der Waals surface area contributed by atoms with E-state index < -0.39 is 0 Å². The van der Waals surface area contributed by atoms with Crippen molar-refractivity contribution in [2.75, 3.05) is 24.8 Å². The molecule has 0 aromatic heterocycles. The number of anilines is 1. The fourth-order valence-corrected chi connectivity index (χ4v) is 1.74. The second-order valence-electron chi connectivity index (χ2n) is 4.02. The molecule has 0 saturated heterocycles. The van der Waals surface area contributed by atoms with Crippen molar-refractivity contribution in [3.05, 3.63) is 42.5 Å². The molecule has 0 amide bonds. The molecule has 3 heteroatoms. The van der Waals surface area contributed by atoms with Gasteiger partial charge in [0.15, 0.2) is 0 Å². The van der Waals surface area contributed by atoms with Crippen molar-refractivity contribution in [1.29, 1.82) is 0 Å². The van der Waals surface area contributed by atoms with E-state index in [1.807, 2.05) is 12.4 Å². The summed E-state index contributed by atoms with van der Waals surface area (Å²) in [4.78, 5) is 8.71. The number of aliphatic imine (C=N–C) groups is 1. The zero-order valence-electron chi connectivity index (χ0n) is 9.63. The van der Waals surface area contributed by atoms with Gasteiger partial charge in [-0.3, -0.25) is 4.99 Å². The first kappa shape index (κ1) is 10.7. The first-order valence-electron chi connectivity index (χ1n) is 5.46. The second kappa shape index (κ2) is 4.84. The molecule has 0 aliphatic carbocycles. The first-order valence-corrected chi connectivity index (χ1v) is 5.46. The zero-order valence-corrected chi connectivity index (χ0v) is 9.63. The van der Waals surface area contributed by atoms with E-state index in [0.29, 0.717) is 0 Å². The lowest BCUT2D eigenvalue weighted by molar-refractivity contribution is 0.445. The van der Waals surface area contributed by atoms with Gasteiger partial charge in [0.2, 0.25) is 0 Å². The average Bonchev–Trinajstić information content (AvgIpc) is 2.31. The highest BCUT2D eigenvalue weighted by Crippen LogP contribution is 2.16. The molecule has 0 fully saturated rings. The number of hydrogen-bond acceptors (Lipinski definition) is 3. The van der Waals surface area contributed by atoms with Crippen LogP contribution in [-0.4, -0.2) is 31.1 Å². The fourth-order valence-electron chi connectivity index (χ4n) is 1.74. The van der Waals surface area contributed by atoms with Crippen LogP contribution in [0, 0.1) is 6.92 Å². The largest absolute Gasteiger partial charge is 0.341 e. The lowest BCUT2D eigenvalue weighted by Crippen LogP contribution is -2.41. The summed E-state index contributed by atoms with van der Waals surface area (Å²) in [5, 5.41) is 0. The van der Waals surface area contributed by atoms with Crippen LogP contribution in [0.3, 0.4) is 0 Å². The molecule has 0 bridgehead atoms. The number of hydrogen-bond donors (Lipinski definition) is 0. The summed E-state index contributed by atoms with van der Waals surface area (Å²) in [6.07, 6.45) is 3.79. The van der Waals surface area contributed by atoms with Gasteiger partial charge in [-0.25, -0.2) is 0 Å². The van der Waals surface area contributed by atoms with Gasteiger partial charge >= 0.3 is 0 Å². The predicted molar refractivity (Wildman–Crippen MR) is 68.8 cm³/mol. The average molecular weight is 215 g/mol. The normalized spacial score (nSPS) is 15.3. The summed E-state index contributed by atoms with van der Waals surface area (Å²) >= 11 is 0. The Morgan fingerprint density at radius 2 is 2.12 bits per heavy atom. The molecule has 3 nitrogen and oxygen atoms in total. The summed E-state index contributed by atoms with van der Waals surface area (Å²) in [6.45, 7) is 8.29. The van der Waals surface area contributed by atoms with E-state index in [1.54, 1.807) is 0 Å². The molecular formula is C13H17N3. The summed E-state index contributed by atoms with van der Waals surface area (Å²) in [5.41, 5.74) is 2.50. The van der Waals surface area contributed by atoms with Crippen LogP contribution in [-0.2, 0) is 0 Å². The van der Waals surface area contributed by atoms with Crippen molar-refractivity contribution < 1.29 is 0 Å². The monoisotopic (exact) mass is 215 g/mol. The molecule has 1 aliphatic rings. The minimum absolute atomic E-state index is 0.733. The molecule has 1 aromatic rings. The number of aryl methyl sites for hydroxylation is 1. The van der Waals surface area contributed by atoms with Crippen LogP contribution in [0.15, 0.2) is 41.9 Å². The van der Waals surface area contributed by atoms with Gasteiger partial charge in [-0.05, 0) is 19.1 Å². The maximum atomic E-state index is 4.34. The zero-order chi connectivity index (χ0) is 11.4. The smallest absolute Gasteiger partial charge is 0.113 e. The second-order valence-corrected chi connectivity index (χ2v) is 4.02. The molecule has 1 aliphatic heterocycles. The highest BCUT2D eigenvalue weighted by atomic mass is 15.4. The van der Waals surface area contributed by atoms with E-state index in [4.69, 9.17) is 0 Å². The molecule has 1 aromatic carbocycles. The van der Waals surface area contributed by atoms with Crippen molar-refractivity contribution in [3.8, 4) is 0 Å². The minimum atomic E-state index is 0.733. The molecule has 84 valence electrons. The van der Waals surface area contributed by atoms with Gasteiger partial charge in [0.1, 0.15) is 6.67 Å². The van der Waals surface area contributed by atoms with E-state index in [0.717, 1.165) is 19.9 Å². The Bertz CT molecular complexity index is 381. The van der Waals surface area contributed by atoms with Crippen molar-refractivity contribution >= 4 is 12.0 Å². The molecule has 2 rings (SSSR count). The van der Waals surface area contributed by atoms with Gasteiger partial charge in [0.25, 0.3) is 0 Å². The molecule has 0 spiro atoms. The highest BCUT2D eigenvalue weighted by molar-refractivity contribution is 5.59. The quantitative estimate of drug-likeness (QED) is 0.720. The summed E-state index contributed by atoms with van der Waals surface area (Å²) in [7, 11) is 0. The Balaban J connectivity index is 2.08. The van der Waals surface area contributed by atoms with Gasteiger partial charge < -0.3 is 9.80 Å². The molecule has 0 unspecified atom stereocenters. The number of nitrogens with zero attached hydrogens (tertiary/aromatic N) is 3. The summed E-state index contributed by atoms with van der Waals surface area (Å²) in [6, 6.07) is 8.54. The Labute approximate surface area is 96.7 Å². The molecule has 16 heavy (non-hydrogen) atoms.